The van der Waals surface area contributed by atoms with E-state index in [0.29, 0.717) is 11.5 Å². The summed E-state index contributed by atoms with van der Waals surface area (Å²) >= 11 is 6.14. The van der Waals surface area contributed by atoms with E-state index in [1.54, 1.807) is 7.11 Å². The minimum atomic E-state index is 0.0648. The Morgan fingerprint density at radius 1 is 1.12 bits per heavy atom. The molecule has 17 heavy (non-hydrogen) atoms. The molecule has 0 heterocycles. The summed E-state index contributed by atoms with van der Waals surface area (Å²) in [5, 5.41) is 0.410. The molecule has 0 unspecified atom stereocenters. The first-order valence-corrected chi connectivity index (χ1v) is 6.16. The van der Waals surface area contributed by atoms with Crippen molar-refractivity contribution in [2.24, 2.45) is 0 Å². The van der Waals surface area contributed by atoms with Crippen molar-refractivity contribution in [3.8, 4) is 5.75 Å². The van der Waals surface area contributed by atoms with Gasteiger partial charge in [-0.1, -0.05) is 23.7 Å². The number of ketones is 1. The molecule has 0 aromatic heterocycles. The molecule has 0 atom stereocenters. The Labute approximate surface area is 106 Å². The lowest BCUT2D eigenvalue weighted by molar-refractivity contribution is -0.114. The Kier molecular flexibility index (Phi) is 3.85. The van der Waals surface area contributed by atoms with Gasteiger partial charge in [-0.15, -0.1) is 0 Å². The van der Waals surface area contributed by atoms with E-state index in [0.717, 1.165) is 36.1 Å². The SMILES string of the molecule is COc1ccc(C2=C(Cl)C(=O)CCCC2)cc1. The molecule has 0 spiro atoms. The van der Waals surface area contributed by atoms with Crippen molar-refractivity contribution in [3.05, 3.63) is 34.9 Å². The van der Waals surface area contributed by atoms with Crippen LogP contribution < -0.4 is 4.74 Å². The molecule has 0 N–H and O–H groups in total. The lowest BCUT2D eigenvalue weighted by atomic mass is 10.0. The van der Waals surface area contributed by atoms with Crippen LogP contribution in [0.3, 0.4) is 0 Å². The zero-order valence-electron chi connectivity index (χ0n) is 9.83. The van der Waals surface area contributed by atoms with Crippen LogP contribution in [0.25, 0.3) is 5.57 Å². The van der Waals surface area contributed by atoms with Crippen LogP contribution in [0, 0.1) is 0 Å². The number of hydrogen-bond donors (Lipinski definition) is 0. The lowest BCUT2D eigenvalue weighted by Crippen LogP contribution is -1.97. The number of halogens is 1. The van der Waals surface area contributed by atoms with Gasteiger partial charge in [0, 0.05) is 6.42 Å². The Balaban J connectivity index is 2.35. The van der Waals surface area contributed by atoms with E-state index in [4.69, 9.17) is 16.3 Å². The number of carbonyl (C=O) groups is 1. The smallest absolute Gasteiger partial charge is 0.174 e. The van der Waals surface area contributed by atoms with Gasteiger partial charge in [-0.3, -0.25) is 4.79 Å². The molecule has 1 aromatic carbocycles. The van der Waals surface area contributed by atoms with Crippen LogP contribution in [-0.4, -0.2) is 12.9 Å². The molecular formula is C14H15ClO2. The van der Waals surface area contributed by atoms with Crippen LogP contribution in [0.4, 0.5) is 0 Å². The molecule has 2 rings (SSSR count). The van der Waals surface area contributed by atoms with E-state index in [2.05, 4.69) is 0 Å². The monoisotopic (exact) mass is 250 g/mol. The van der Waals surface area contributed by atoms with E-state index < -0.39 is 0 Å². The van der Waals surface area contributed by atoms with Crippen molar-refractivity contribution >= 4 is 23.0 Å². The number of benzene rings is 1. The number of ether oxygens (including phenoxy) is 1. The highest BCUT2D eigenvalue weighted by molar-refractivity contribution is 6.45. The minimum Gasteiger partial charge on any atom is -0.497 e. The third kappa shape index (κ3) is 2.70. The van der Waals surface area contributed by atoms with Crippen molar-refractivity contribution in [2.45, 2.75) is 25.7 Å². The molecule has 3 heteroatoms. The second-order valence-electron chi connectivity index (χ2n) is 4.15. The summed E-state index contributed by atoms with van der Waals surface area (Å²) in [5.41, 5.74) is 1.99. The first kappa shape index (κ1) is 12.2. The number of rotatable bonds is 2. The van der Waals surface area contributed by atoms with Crippen LogP contribution in [0.1, 0.15) is 31.2 Å². The fourth-order valence-electron chi connectivity index (χ4n) is 2.04. The molecule has 2 nitrogen and oxygen atoms in total. The fraction of sp³-hybridized carbons (Fsp3) is 0.357. The molecule has 0 amide bonds. The van der Waals surface area contributed by atoms with Crippen molar-refractivity contribution in [1.82, 2.24) is 0 Å². The third-order valence-electron chi connectivity index (χ3n) is 3.03. The molecule has 0 fully saturated rings. The summed E-state index contributed by atoms with van der Waals surface area (Å²) in [6, 6.07) is 7.69. The summed E-state index contributed by atoms with van der Waals surface area (Å²) in [7, 11) is 1.64. The average molecular weight is 251 g/mol. The van der Waals surface area contributed by atoms with Crippen LogP contribution in [0.5, 0.6) is 5.75 Å². The highest BCUT2D eigenvalue weighted by Gasteiger charge is 2.18. The normalized spacial score (nSPS) is 16.9. The van der Waals surface area contributed by atoms with E-state index in [1.165, 1.54) is 0 Å². The van der Waals surface area contributed by atoms with Gasteiger partial charge in [-0.25, -0.2) is 0 Å². The largest absolute Gasteiger partial charge is 0.497 e. The second kappa shape index (κ2) is 5.37. The zero-order valence-corrected chi connectivity index (χ0v) is 10.6. The highest BCUT2D eigenvalue weighted by atomic mass is 35.5. The molecule has 1 aliphatic rings. The maximum absolute atomic E-state index is 11.7. The Morgan fingerprint density at radius 3 is 2.41 bits per heavy atom. The molecule has 90 valence electrons. The molecule has 0 saturated heterocycles. The van der Waals surface area contributed by atoms with Crippen molar-refractivity contribution in [1.29, 1.82) is 0 Å². The number of hydrogen-bond acceptors (Lipinski definition) is 2. The zero-order chi connectivity index (χ0) is 12.3. The predicted octanol–water partition coefficient (Wildman–Crippen LogP) is 3.79. The predicted molar refractivity (Wildman–Crippen MR) is 69.2 cm³/mol. The maximum atomic E-state index is 11.7. The standard InChI is InChI=1S/C14H15ClO2/c1-17-11-8-6-10(7-9-11)12-4-2-3-5-13(16)14(12)15/h6-9H,2-5H2,1H3. The third-order valence-corrected chi connectivity index (χ3v) is 3.47. The summed E-state index contributed by atoms with van der Waals surface area (Å²) in [5.74, 6) is 0.875. The van der Waals surface area contributed by atoms with Gasteiger partial charge in [0.2, 0.25) is 0 Å². The van der Waals surface area contributed by atoms with E-state index >= 15 is 0 Å². The van der Waals surface area contributed by atoms with Crippen LogP contribution >= 0.6 is 11.6 Å². The summed E-state index contributed by atoms with van der Waals surface area (Å²) in [6.07, 6.45) is 3.38. The molecule has 0 saturated carbocycles. The topological polar surface area (TPSA) is 26.3 Å². The van der Waals surface area contributed by atoms with Crippen molar-refractivity contribution in [3.63, 3.8) is 0 Å². The van der Waals surface area contributed by atoms with Crippen LogP contribution in [0.15, 0.2) is 29.3 Å². The average Bonchev–Trinajstić information content (AvgIpc) is 2.53. The van der Waals surface area contributed by atoms with Crippen molar-refractivity contribution < 1.29 is 9.53 Å². The number of Topliss-reactive ketones (excluding diaryl/α,β-unsaturated/α-hetero) is 1. The number of methoxy groups -OCH3 is 1. The number of carbonyl (C=O) groups excluding carboxylic acids is 1. The summed E-state index contributed by atoms with van der Waals surface area (Å²) in [4.78, 5) is 11.7. The number of allylic oxidation sites excluding steroid dienone is 2. The first-order chi connectivity index (χ1) is 8.22. The summed E-state index contributed by atoms with van der Waals surface area (Å²) in [6.45, 7) is 0. The van der Waals surface area contributed by atoms with E-state index in [1.807, 2.05) is 24.3 Å². The quantitative estimate of drug-likeness (QED) is 0.798. The van der Waals surface area contributed by atoms with Gasteiger partial charge in [0.1, 0.15) is 5.75 Å². The summed E-state index contributed by atoms with van der Waals surface area (Å²) < 4.78 is 5.11. The molecule has 0 radical (unpaired) electrons. The molecular weight excluding hydrogens is 236 g/mol. The maximum Gasteiger partial charge on any atom is 0.174 e. The Hall–Kier alpha value is -1.28. The molecule has 0 bridgehead atoms. The molecule has 1 aromatic rings. The Morgan fingerprint density at radius 2 is 1.76 bits per heavy atom. The van der Waals surface area contributed by atoms with Gasteiger partial charge < -0.3 is 4.74 Å². The van der Waals surface area contributed by atoms with Gasteiger partial charge in [-0.05, 0) is 42.5 Å². The van der Waals surface area contributed by atoms with Gasteiger partial charge in [-0.2, -0.15) is 0 Å². The van der Waals surface area contributed by atoms with Crippen LogP contribution in [-0.2, 0) is 4.79 Å². The molecule has 1 aliphatic carbocycles. The lowest BCUT2D eigenvalue weighted by Gasteiger charge is -2.08. The highest BCUT2D eigenvalue weighted by Crippen LogP contribution is 2.32. The van der Waals surface area contributed by atoms with Gasteiger partial charge in [0.25, 0.3) is 0 Å². The minimum absolute atomic E-state index is 0.0648. The van der Waals surface area contributed by atoms with Crippen molar-refractivity contribution in [2.75, 3.05) is 7.11 Å². The van der Waals surface area contributed by atoms with E-state index in [-0.39, 0.29) is 5.78 Å². The van der Waals surface area contributed by atoms with Gasteiger partial charge in [0.15, 0.2) is 5.78 Å². The first-order valence-electron chi connectivity index (χ1n) is 5.78. The second-order valence-corrected chi connectivity index (χ2v) is 4.53. The Bertz CT molecular complexity index is 446. The van der Waals surface area contributed by atoms with Gasteiger partial charge >= 0.3 is 0 Å². The van der Waals surface area contributed by atoms with Crippen LogP contribution in [0.2, 0.25) is 0 Å². The molecule has 0 aliphatic heterocycles. The van der Waals surface area contributed by atoms with E-state index in [9.17, 15) is 4.79 Å². The fourth-order valence-corrected chi connectivity index (χ4v) is 2.34. The van der Waals surface area contributed by atoms with Gasteiger partial charge in [0.05, 0.1) is 12.1 Å².